The summed E-state index contributed by atoms with van der Waals surface area (Å²) in [4.78, 5) is 11.2. The van der Waals surface area contributed by atoms with Crippen molar-refractivity contribution in [2.45, 2.75) is 129 Å². The zero-order chi connectivity index (χ0) is 24.8. The first kappa shape index (κ1) is 34.3. The number of hydrogen-bond acceptors (Lipinski definition) is 4. The monoisotopic (exact) mass is 471 g/mol. The van der Waals surface area contributed by atoms with Crippen molar-refractivity contribution in [2.75, 3.05) is 32.8 Å². The van der Waals surface area contributed by atoms with Crippen molar-refractivity contribution in [1.82, 2.24) is 4.90 Å². The van der Waals surface area contributed by atoms with Gasteiger partial charge in [0.05, 0.1) is 13.2 Å². The van der Waals surface area contributed by atoms with Crippen LogP contribution in [0.1, 0.15) is 129 Å². The normalized spacial score (nSPS) is 11.2. The van der Waals surface area contributed by atoms with E-state index in [-0.39, 0.29) is 13.2 Å². The second kappa shape index (κ2) is 31.1. The average Bonchev–Trinajstić information content (AvgIpc) is 2.77. The summed E-state index contributed by atoms with van der Waals surface area (Å²) in [7, 11) is 0. The van der Waals surface area contributed by atoms with Crippen LogP contribution in [0.2, 0.25) is 0 Å². The van der Waals surface area contributed by atoms with Gasteiger partial charge in [0, 0.05) is 20.0 Å². The maximum atomic E-state index is 9.00. The Morgan fingerprint density at radius 2 is 0.939 bits per heavy atom. The lowest BCUT2D eigenvalue weighted by atomic mass is 10.1. The standard InChI is InChI=1S/C26H53NO2.C2H4O2/c1-2-3-4-5-6-7-8-9-10-11-12-13-14-15-16-17-18-19-20-21-22-27(23-25-28)24-26-29;1-2(3)4/h9-10,28-29H,2-8,11-26H2,1H3;1H3,(H,3,4)/b10-9-;. The van der Waals surface area contributed by atoms with Crippen molar-refractivity contribution >= 4 is 5.97 Å². The lowest BCUT2D eigenvalue weighted by molar-refractivity contribution is -0.134. The van der Waals surface area contributed by atoms with Crippen LogP contribution >= 0.6 is 0 Å². The number of carboxylic acids is 1. The van der Waals surface area contributed by atoms with Gasteiger partial charge in [-0.1, -0.05) is 103 Å². The second-order valence-corrected chi connectivity index (χ2v) is 9.16. The van der Waals surface area contributed by atoms with Crippen molar-refractivity contribution in [1.29, 1.82) is 0 Å². The Kier molecular flexibility index (Phi) is 32.3. The predicted molar refractivity (Wildman–Crippen MR) is 142 cm³/mol. The van der Waals surface area contributed by atoms with Crippen molar-refractivity contribution < 1.29 is 20.1 Å². The fourth-order valence-corrected chi connectivity index (χ4v) is 3.91. The van der Waals surface area contributed by atoms with Gasteiger partial charge < -0.3 is 15.3 Å². The molecule has 0 aliphatic rings. The summed E-state index contributed by atoms with van der Waals surface area (Å²) in [5, 5.41) is 25.4. The molecule has 0 amide bonds. The molecule has 0 aliphatic carbocycles. The smallest absolute Gasteiger partial charge is 0.300 e. The molecule has 0 heterocycles. The largest absolute Gasteiger partial charge is 0.481 e. The molecule has 0 aromatic carbocycles. The van der Waals surface area contributed by atoms with Gasteiger partial charge in [0.25, 0.3) is 5.97 Å². The fraction of sp³-hybridized carbons (Fsp3) is 0.893. The number of unbranched alkanes of at least 4 members (excludes halogenated alkanes) is 16. The molecule has 33 heavy (non-hydrogen) atoms. The van der Waals surface area contributed by atoms with E-state index >= 15 is 0 Å². The molecule has 5 heteroatoms. The van der Waals surface area contributed by atoms with Gasteiger partial charge in [-0.25, -0.2) is 0 Å². The summed E-state index contributed by atoms with van der Waals surface area (Å²) in [6.07, 6.45) is 29.3. The fourth-order valence-electron chi connectivity index (χ4n) is 3.91. The predicted octanol–water partition coefficient (Wildman–Crippen LogP) is 6.96. The Bertz CT molecular complexity index is 391. The van der Waals surface area contributed by atoms with Gasteiger partial charge >= 0.3 is 0 Å². The summed E-state index contributed by atoms with van der Waals surface area (Å²) in [5.41, 5.74) is 0. The molecule has 0 saturated carbocycles. The minimum absolute atomic E-state index is 0.190. The summed E-state index contributed by atoms with van der Waals surface area (Å²) in [5.74, 6) is -0.833. The van der Waals surface area contributed by atoms with E-state index in [1.165, 1.54) is 116 Å². The number of aliphatic hydroxyl groups is 2. The number of aliphatic carboxylic acids is 1. The van der Waals surface area contributed by atoms with E-state index in [0.717, 1.165) is 13.5 Å². The lowest BCUT2D eigenvalue weighted by Crippen LogP contribution is -2.30. The molecule has 0 aromatic rings. The number of rotatable bonds is 24. The van der Waals surface area contributed by atoms with E-state index in [1.54, 1.807) is 0 Å². The minimum Gasteiger partial charge on any atom is -0.481 e. The highest BCUT2D eigenvalue weighted by molar-refractivity contribution is 5.62. The number of carbonyl (C=O) groups is 1. The quantitative estimate of drug-likeness (QED) is 0.105. The van der Waals surface area contributed by atoms with Crippen LogP contribution in [-0.4, -0.2) is 59.0 Å². The highest BCUT2D eigenvalue weighted by Crippen LogP contribution is 2.12. The molecule has 0 fully saturated rings. The van der Waals surface area contributed by atoms with Gasteiger partial charge in [0.1, 0.15) is 0 Å². The van der Waals surface area contributed by atoms with Gasteiger partial charge in [-0.3, -0.25) is 9.69 Å². The van der Waals surface area contributed by atoms with Gasteiger partial charge in [-0.15, -0.1) is 0 Å². The van der Waals surface area contributed by atoms with Crippen LogP contribution in [-0.2, 0) is 4.79 Å². The second-order valence-electron chi connectivity index (χ2n) is 9.16. The van der Waals surface area contributed by atoms with Crippen LogP contribution in [0.25, 0.3) is 0 Å². The lowest BCUT2D eigenvalue weighted by Gasteiger charge is -2.19. The molecular formula is C28H57NO4. The number of nitrogens with zero attached hydrogens (tertiary/aromatic N) is 1. The molecule has 0 unspecified atom stereocenters. The van der Waals surface area contributed by atoms with Gasteiger partial charge in [-0.05, 0) is 38.6 Å². The highest BCUT2D eigenvalue weighted by Gasteiger charge is 2.02. The van der Waals surface area contributed by atoms with Crippen LogP contribution in [0.5, 0.6) is 0 Å². The molecule has 0 aliphatic heterocycles. The summed E-state index contributed by atoms with van der Waals surface area (Å²) >= 11 is 0. The average molecular weight is 472 g/mol. The molecule has 5 nitrogen and oxygen atoms in total. The van der Waals surface area contributed by atoms with Crippen molar-refractivity contribution in [3.8, 4) is 0 Å². The molecule has 0 rings (SSSR count). The van der Waals surface area contributed by atoms with E-state index in [2.05, 4.69) is 24.0 Å². The third-order valence-corrected chi connectivity index (χ3v) is 5.82. The zero-order valence-electron chi connectivity index (χ0n) is 22.1. The number of allylic oxidation sites excluding steroid dienone is 2. The minimum atomic E-state index is -0.833. The Hall–Kier alpha value is -0.910. The third kappa shape index (κ3) is 35.9. The van der Waals surface area contributed by atoms with E-state index in [0.29, 0.717) is 13.1 Å². The van der Waals surface area contributed by atoms with Gasteiger partial charge in [-0.2, -0.15) is 0 Å². The zero-order valence-corrected chi connectivity index (χ0v) is 22.1. The third-order valence-electron chi connectivity index (χ3n) is 5.82. The van der Waals surface area contributed by atoms with Crippen LogP contribution in [0.4, 0.5) is 0 Å². The van der Waals surface area contributed by atoms with Crippen molar-refractivity contribution in [3.63, 3.8) is 0 Å². The molecule has 198 valence electrons. The summed E-state index contributed by atoms with van der Waals surface area (Å²) in [6, 6.07) is 0. The van der Waals surface area contributed by atoms with Crippen LogP contribution in [0, 0.1) is 0 Å². The Labute approximate surface area is 205 Å². The first-order valence-corrected chi connectivity index (χ1v) is 13.9. The molecule has 0 bridgehead atoms. The molecule has 0 spiro atoms. The molecule has 0 atom stereocenters. The summed E-state index contributed by atoms with van der Waals surface area (Å²) in [6.45, 7) is 6.13. The van der Waals surface area contributed by atoms with E-state index in [9.17, 15) is 0 Å². The van der Waals surface area contributed by atoms with Crippen LogP contribution in [0.15, 0.2) is 12.2 Å². The molecule has 3 N–H and O–H groups in total. The topological polar surface area (TPSA) is 81.0 Å². The first-order chi connectivity index (χ1) is 16.1. The molecular weight excluding hydrogens is 414 g/mol. The Morgan fingerprint density at radius 1 is 0.606 bits per heavy atom. The van der Waals surface area contributed by atoms with E-state index < -0.39 is 5.97 Å². The van der Waals surface area contributed by atoms with Gasteiger partial charge in [0.2, 0.25) is 0 Å². The highest BCUT2D eigenvalue weighted by atomic mass is 16.4. The van der Waals surface area contributed by atoms with Crippen molar-refractivity contribution in [3.05, 3.63) is 12.2 Å². The van der Waals surface area contributed by atoms with Crippen molar-refractivity contribution in [2.24, 2.45) is 0 Å². The molecule has 0 radical (unpaired) electrons. The first-order valence-electron chi connectivity index (χ1n) is 13.9. The van der Waals surface area contributed by atoms with Gasteiger partial charge in [0.15, 0.2) is 0 Å². The molecule has 0 aromatic heterocycles. The maximum absolute atomic E-state index is 9.00. The van der Waals surface area contributed by atoms with Crippen LogP contribution < -0.4 is 0 Å². The Morgan fingerprint density at radius 3 is 1.30 bits per heavy atom. The van der Waals surface area contributed by atoms with Crippen LogP contribution in [0.3, 0.4) is 0 Å². The van der Waals surface area contributed by atoms with E-state index in [4.69, 9.17) is 20.1 Å². The maximum Gasteiger partial charge on any atom is 0.300 e. The molecule has 0 saturated heterocycles. The van der Waals surface area contributed by atoms with E-state index in [1.807, 2.05) is 0 Å². The Balaban J connectivity index is 0. The number of hydrogen-bond donors (Lipinski definition) is 3. The SMILES string of the molecule is CC(=O)O.CCCCCCCC/C=C\CCCCCCCCCCCCN(CCO)CCO. The number of carboxylic acid groups (broad SMARTS) is 1. The summed E-state index contributed by atoms with van der Waals surface area (Å²) < 4.78 is 0. The number of aliphatic hydroxyl groups excluding tert-OH is 2.